The van der Waals surface area contributed by atoms with E-state index in [2.05, 4.69) is 26.8 Å². The van der Waals surface area contributed by atoms with Crippen LogP contribution < -0.4 is 0 Å². The third-order valence-corrected chi connectivity index (χ3v) is 10.4. The topological polar surface area (TPSA) is 76.4 Å². The van der Waals surface area contributed by atoms with Crippen molar-refractivity contribution in [2.24, 2.45) is 46.3 Å². The molecule has 0 spiro atoms. The Kier molecular flexibility index (Phi) is 6.38. The van der Waals surface area contributed by atoms with Crippen LogP contribution in [0, 0.1) is 57.7 Å². The number of hydrogen-bond donors (Lipinski definition) is 0. The van der Waals surface area contributed by atoms with Gasteiger partial charge in [-0.1, -0.05) is 20.8 Å². The van der Waals surface area contributed by atoms with E-state index in [4.69, 9.17) is 9.47 Å². The van der Waals surface area contributed by atoms with Gasteiger partial charge in [-0.25, -0.2) is 0 Å². The molecule has 0 aromatic rings. The minimum absolute atomic E-state index is 0.00310. The van der Waals surface area contributed by atoms with Crippen LogP contribution in [-0.4, -0.2) is 24.1 Å². The maximum atomic E-state index is 12.1. The first-order valence-corrected chi connectivity index (χ1v) is 12.8. The van der Waals surface area contributed by atoms with Crippen molar-refractivity contribution in [2.75, 3.05) is 0 Å². The van der Waals surface area contributed by atoms with Crippen LogP contribution in [-0.2, 0) is 19.1 Å². The van der Waals surface area contributed by atoms with Crippen LogP contribution in [0.4, 0.5) is 0 Å². The van der Waals surface area contributed by atoms with Gasteiger partial charge < -0.3 is 9.47 Å². The molecule has 32 heavy (non-hydrogen) atoms. The molecule has 0 unspecified atom stereocenters. The standard InChI is InChI=1S/C27H41NO4/c1-16(10-13-28)21-6-7-22-25-23(9-12-27(21,22)5)26(4)11-8-20(31-17(2)29)14-19(26)15-24(25)32-18(3)30/h16,19-25H,6-12,14-15H2,1-5H3/t16-,19+,20-,21-,22+,23+,24-,25+,26+,27-/m1/s1. The van der Waals surface area contributed by atoms with Crippen LogP contribution in [0.1, 0.15) is 92.4 Å². The van der Waals surface area contributed by atoms with Gasteiger partial charge in [0.1, 0.15) is 12.2 Å². The average molecular weight is 444 g/mol. The second-order valence-corrected chi connectivity index (χ2v) is 12.0. The van der Waals surface area contributed by atoms with Crippen LogP contribution in [0.2, 0.25) is 0 Å². The summed E-state index contributed by atoms with van der Waals surface area (Å²) in [7, 11) is 0. The van der Waals surface area contributed by atoms with E-state index in [1.165, 1.54) is 32.6 Å². The Hall–Kier alpha value is -1.57. The summed E-state index contributed by atoms with van der Waals surface area (Å²) < 4.78 is 11.7. The van der Waals surface area contributed by atoms with E-state index >= 15 is 0 Å². The predicted octanol–water partition coefficient (Wildman–Crippen LogP) is 5.67. The molecule has 0 amide bonds. The van der Waals surface area contributed by atoms with Crippen molar-refractivity contribution >= 4 is 11.9 Å². The fourth-order valence-corrected chi connectivity index (χ4v) is 9.10. The van der Waals surface area contributed by atoms with E-state index in [-0.39, 0.29) is 35.0 Å². The van der Waals surface area contributed by atoms with Gasteiger partial charge in [0, 0.05) is 26.2 Å². The molecule has 0 aliphatic heterocycles. The summed E-state index contributed by atoms with van der Waals surface area (Å²) in [6.45, 7) is 10.2. The molecular weight excluding hydrogens is 402 g/mol. The van der Waals surface area contributed by atoms with Crippen molar-refractivity contribution in [2.45, 2.75) is 105 Å². The Morgan fingerprint density at radius 2 is 1.62 bits per heavy atom. The zero-order valence-corrected chi connectivity index (χ0v) is 20.6. The highest BCUT2D eigenvalue weighted by Gasteiger charge is 2.63. The van der Waals surface area contributed by atoms with E-state index in [1.54, 1.807) is 6.92 Å². The molecule has 4 aliphatic carbocycles. The fourth-order valence-electron chi connectivity index (χ4n) is 9.10. The number of carbonyl (C=O) groups excluding carboxylic acids is 2. The highest BCUT2D eigenvalue weighted by molar-refractivity contribution is 5.66. The molecule has 178 valence electrons. The summed E-state index contributed by atoms with van der Waals surface area (Å²) in [5.41, 5.74) is 0.448. The molecule has 5 heteroatoms. The van der Waals surface area contributed by atoms with E-state index in [0.717, 1.165) is 25.7 Å². The smallest absolute Gasteiger partial charge is 0.302 e. The second kappa shape index (κ2) is 8.65. The molecule has 4 fully saturated rings. The van der Waals surface area contributed by atoms with Gasteiger partial charge in [-0.2, -0.15) is 5.26 Å². The van der Waals surface area contributed by atoms with Crippen LogP contribution in [0.15, 0.2) is 0 Å². The van der Waals surface area contributed by atoms with Gasteiger partial charge in [-0.15, -0.1) is 0 Å². The highest BCUT2D eigenvalue weighted by Crippen LogP contribution is 2.68. The van der Waals surface area contributed by atoms with E-state index < -0.39 is 0 Å². The van der Waals surface area contributed by atoms with Crippen LogP contribution in [0.5, 0.6) is 0 Å². The zero-order valence-electron chi connectivity index (χ0n) is 20.6. The SMILES string of the molecule is CC(=O)O[C@@H]1CC[C@@]2(C)[C@@H](C1)C[C@@H](OC(C)=O)[C@@H]1[C@@H]2CC[C@]2(C)[C@@H]([C@H](C)CC#N)CC[C@@H]12. The molecule has 0 aromatic heterocycles. The Balaban J connectivity index is 1.63. The lowest BCUT2D eigenvalue weighted by atomic mass is 9.43. The predicted molar refractivity (Wildman–Crippen MR) is 121 cm³/mol. The third-order valence-electron chi connectivity index (χ3n) is 10.4. The van der Waals surface area contributed by atoms with Crippen LogP contribution >= 0.6 is 0 Å². The molecule has 0 N–H and O–H groups in total. The van der Waals surface area contributed by atoms with Crippen molar-refractivity contribution < 1.29 is 19.1 Å². The quantitative estimate of drug-likeness (QED) is 0.523. The molecule has 0 aromatic carbocycles. The average Bonchev–Trinajstić information content (AvgIpc) is 3.05. The van der Waals surface area contributed by atoms with Gasteiger partial charge in [-0.3, -0.25) is 9.59 Å². The molecular formula is C27H41NO4. The van der Waals surface area contributed by atoms with Crippen molar-refractivity contribution in [3.8, 4) is 6.07 Å². The van der Waals surface area contributed by atoms with Gasteiger partial charge in [0.15, 0.2) is 0 Å². The van der Waals surface area contributed by atoms with Crippen molar-refractivity contribution in [3.63, 3.8) is 0 Å². The summed E-state index contributed by atoms with van der Waals surface area (Å²) in [5.74, 6) is 2.56. The molecule has 5 nitrogen and oxygen atoms in total. The van der Waals surface area contributed by atoms with E-state index in [9.17, 15) is 14.9 Å². The Bertz CT molecular complexity index is 789. The summed E-state index contributed by atoms with van der Waals surface area (Å²) in [5, 5.41) is 9.31. The van der Waals surface area contributed by atoms with Crippen molar-refractivity contribution in [1.29, 1.82) is 5.26 Å². The third kappa shape index (κ3) is 3.86. The molecule has 4 saturated carbocycles. The molecule has 0 heterocycles. The Labute approximate surface area is 193 Å². The first-order chi connectivity index (χ1) is 15.1. The van der Waals surface area contributed by atoms with E-state index in [1.807, 2.05) is 0 Å². The number of carbonyl (C=O) groups is 2. The molecule has 4 rings (SSSR count). The number of rotatable bonds is 4. The summed E-state index contributed by atoms with van der Waals surface area (Å²) in [6, 6.07) is 2.40. The lowest BCUT2D eigenvalue weighted by molar-refractivity contribution is -0.197. The number of nitrogens with zero attached hydrogens (tertiary/aromatic N) is 1. The lowest BCUT2D eigenvalue weighted by Crippen LogP contribution is -2.59. The number of ether oxygens (including phenoxy) is 2. The summed E-state index contributed by atoms with van der Waals surface area (Å²) >= 11 is 0. The molecule has 0 saturated heterocycles. The second-order valence-electron chi connectivity index (χ2n) is 12.0. The lowest BCUT2D eigenvalue weighted by Gasteiger charge is -2.62. The monoisotopic (exact) mass is 443 g/mol. The van der Waals surface area contributed by atoms with Gasteiger partial charge in [0.05, 0.1) is 6.07 Å². The van der Waals surface area contributed by atoms with Gasteiger partial charge in [0.25, 0.3) is 0 Å². The first kappa shape index (κ1) is 23.6. The van der Waals surface area contributed by atoms with Gasteiger partial charge in [-0.05, 0) is 91.8 Å². The normalized spacial score (nSPS) is 46.1. The van der Waals surface area contributed by atoms with Gasteiger partial charge >= 0.3 is 11.9 Å². The largest absolute Gasteiger partial charge is 0.463 e. The minimum atomic E-state index is -0.194. The van der Waals surface area contributed by atoms with E-state index in [0.29, 0.717) is 41.9 Å². The van der Waals surface area contributed by atoms with Crippen LogP contribution in [0.3, 0.4) is 0 Å². The minimum Gasteiger partial charge on any atom is -0.463 e. The Morgan fingerprint density at radius 3 is 2.28 bits per heavy atom. The van der Waals surface area contributed by atoms with Gasteiger partial charge in [0.2, 0.25) is 0 Å². The number of esters is 2. The maximum Gasteiger partial charge on any atom is 0.302 e. The Morgan fingerprint density at radius 1 is 0.969 bits per heavy atom. The molecule has 0 radical (unpaired) electrons. The molecule has 4 aliphatic rings. The van der Waals surface area contributed by atoms with Crippen molar-refractivity contribution in [3.05, 3.63) is 0 Å². The van der Waals surface area contributed by atoms with Crippen LogP contribution in [0.25, 0.3) is 0 Å². The summed E-state index contributed by atoms with van der Waals surface area (Å²) in [4.78, 5) is 23.7. The molecule has 10 atom stereocenters. The first-order valence-electron chi connectivity index (χ1n) is 12.8. The summed E-state index contributed by atoms with van der Waals surface area (Å²) in [6.07, 6.45) is 9.16. The molecule has 0 bridgehead atoms. The number of nitriles is 1. The van der Waals surface area contributed by atoms with Crippen molar-refractivity contribution in [1.82, 2.24) is 0 Å². The fraction of sp³-hybridized carbons (Fsp3) is 0.889. The number of fused-ring (bicyclic) bond motifs is 5. The zero-order chi connectivity index (χ0) is 23.3. The highest BCUT2D eigenvalue weighted by atomic mass is 16.5. The number of hydrogen-bond acceptors (Lipinski definition) is 5. The maximum absolute atomic E-state index is 12.1.